The summed E-state index contributed by atoms with van der Waals surface area (Å²) in [6, 6.07) is 16.0. The average Bonchev–Trinajstić information content (AvgIpc) is 2.65. The number of rotatable bonds is 6. The van der Waals surface area contributed by atoms with Crippen LogP contribution < -0.4 is 9.47 Å². The second-order valence-corrected chi connectivity index (χ2v) is 6.29. The number of aryl methyl sites for hydroxylation is 2. The maximum atomic E-state index is 9.00. The van der Waals surface area contributed by atoms with E-state index in [1.54, 1.807) is 0 Å². The van der Waals surface area contributed by atoms with Crippen molar-refractivity contribution < 1.29 is 14.7 Å². The lowest BCUT2D eigenvalue weighted by atomic mass is 10.0. The third kappa shape index (κ3) is 3.64. The van der Waals surface area contributed by atoms with Gasteiger partial charge in [0.15, 0.2) is 0 Å². The molecule has 0 atom stereocenters. The van der Waals surface area contributed by atoms with Gasteiger partial charge in [-0.3, -0.25) is 0 Å². The minimum Gasteiger partial charge on any atom is -0.489 e. The summed E-state index contributed by atoms with van der Waals surface area (Å²) >= 11 is 0. The molecule has 0 spiro atoms. The second-order valence-electron chi connectivity index (χ2n) is 6.29. The molecule has 0 amide bonds. The van der Waals surface area contributed by atoms with Crippen molar-refractivity contribution in [3.05, 3.63) is 70.8 Å². The van der Waals surface area contributed by atoms with Crippen LogP contribution in [0.25, 0.3) is 10.8 Å². The molecule has 0 aromatic heterocycles. The molecule has 0 bridgehead atoms. The van der Waals surface area contributed by atoms with Crippen LogP contribution in [0.5, 0.6) is 11.5 Å². The number of hydrogen-bond acceptors (Lipinski definition) is 4. The molecular formula is C22H23NO3. The highest BCUT2D eigenvalue weighted by Gasteiger charge is 2.09. The number of nitrogens with zero attached hydrogens (tertiary/aromatic N) is 1. The third-order valence-electron chi connectivity index (χ3n) is 4.58. The van der Waals surface area contributed by atoms with Gasteiger partial charge in [-0.05, 0) is 54.3 Å². The lowest BCUT2D eigenvalue weighted by Gasteiger charge is -2.15. The van der Waals surface area contributed by atoms with Gasteiger partial charge in [0, 0.05) is 5.56 Å². The molecule has 0 aliphatic rings. The number of fused-ring (bicyclic) bond motifs is 1. The summed E-state index contributed by atoms with van der Waals surface area (Å²) in [6.07, 6.45) is 1.41. The Morgan fingerprint density at radius 2 is 1.62 bits per heavy atom. The zero-order valence-corrected chi connectivity index (χ0v) is 15.3. The molecular weight excluding hydrogens is 326 g/mol. The highest BCUT2D eigenvalue weighted by Crippen LogP contribution is 2.28. The predicted octanol–water partition coefficient (Wildman–Crippen LogP) is 5.03. The van der Waals surface area contributed by atoms with E-state index in [9.17, 15) is 0 Å². The smallest absolute Gasteiger partial charge is 0.129 e. The number of ether oxygens (including phenoxy) is 2. The quantitative estimate of drug-likeness (QED) is 0.294. The van der Waals surface area contributed by atoms with Crippen LogP contribution in [0.4, 0.5) is 0 Å². The van der Waals surface area contributed by atoms with Gasteiger partial charge in [0.05, 0.1) is 6.21 Å². The molecule has 3 aromatic carbocycles. The van der Waals surface area contributed by atoms with Crippen molar-refractivity contribution in [2.45, 2.75) is 20.8 Å². The van der Waals surface area contributed by atoms with Crippen molar-refractivity contribution in [3.8, 4) is 11.5 Å². The van der Waals surface area contributed by atoms with Gasteiger partial charge in [-0.1, -0.05) is 47.6 Å². The number of hydrogen-bond donors (Lipinski definition) is 1. The third-order valence-corrected chi connectivity index (χ3v) is 4.58. The number of oxime groups is 1. The van der Waals surface area contributed by atoms with Gasteiger partial charge in [-0.15, -0.1) is 0 Å². The molecule has 3 aromatic rings. The summed E-state index contributed by atoms with van der Waals surface area (Å²) in [5.41, 5.74) is 4.24. The van der Waals surface area contributed by atoms with Gasteiger partial charge in [0.1, 0.15) is 24.7 Å². The molecule has 0 fully saturated rings. The van der Waals surface area contributed by atoms with Crippen molar-refractivity contribution in [1.29, 1.82) is 0 Å². The summed E-state index contributed by atoms with van der Waals surface area (Å²) in [5.74, 6) is 1.59. The standard InChI is InChI=1S/C22H23NO3/c1-15-8-9-16(2)22(17(15)3)26-13-12-25-21-11-10-18-6-4-5-7-19(18)20(21)14-23-24/h4-11,14,24H,12-13H2,1-3H3. The SMILES string of the molecule is Cc1ccc(C)c(OCCOc2ccc3ccccc3c2C=NO)c1C. The van der Waals surface area contributed by atoms with Crippen LogP contribution in [0.3, 0.4) is 0 Å². The van der Waals surface area contributed by atoms with Crippen molar-refractivity contribution in [2.24, 2.45) is 5.16 Å². The summed E-state index contributed by atoms with van der Waals surface area (Å²) in [6.45, 7) is 7.03. The van der Waals surface area contributed by atoms with Gasteiger partial charge in [-0.25, -0.2) is 0 Å². The molecule has 0 saturated carbocycles. The Morgan fingerprint density at radius 1 is 0.885 bits per heavy atom. The first-order valence-corrected chi connectivity index (χ1v) is 8.63. The maximum Gasteiger partial charge on any atom is 0.129 e. The Morgan fingerprint density at radius 3 is 2.42 bits per heavy atom. The van der Waals surface area contributed by atoms with Crippen LogP contribution in [0, 0.1) is 20.8 Å². The maximum absolute atomic E-state index is 9.00. The topological polar surface area (TPSA) is 51.0 Å². The first kappa shape index (κ1) is 17.8. The Kier molecular flexibility index (Phi) is 5.42. The van der Waals surface area contributed by atoms with E-state index in [2.05, 4.69) is 31.1 Å². The molecule has 4 nitrogen and oxygen atoms in total. The molecule has 4 heteroatoms. The second kappa shape index (κ2) is 7.91. The van der Waals surface area contributed by atoms with E-state index in [0.29, 0.717) is 19.0 Å². The van der Waals surface area contributed by atoms with Crippen molar-refractivity contribution >= 4 is 17.0 Å². The minimum absolute atomic E-state index is 0.400. The van der Waals surface area contributed by atoms with E-state index in [-0.39, 0.29) is 0 Å². The molecule has 0 radical (unpaired) electrons. The highest BCUT2D eigenvalue weighted by atomic mass is 16.5. The van der Waals surface area contributed by atoms with Crippen LogP contribution in [0.2, 0.25) is 0 Å². The summed E-state index contributed by atoms with van der Waals surface area (Å²) < 4.78 is 11.9. The van der Waals surface area contributed by atoms with Crippen LogP contribution in [-0.4, -0.2) is 24.6 Å². The zero-order chi connectivity index (χ0) is 18.5. The average molecular weight is 349 g/mol. The van der Waals surface area contributed by atoms with Crippen LogP contribution in [0.1, 0.15) is 22.3 Å². The zero-order valence-electron chi connectivity index (χ0n) is 15.3. The van der Waals surface area contributed by atoms with E-state index in [1.165, 1.54) is 11.8 Å². The summed E-state index contributed by atoms with van der Waals surface area (Å²) in [5, 5.41) is 14.2. The fourth-order valence-corrected chi connectivity index (χ4v) is 3.04. The summed E-state index contributed by atoms with van der Waals surface area (Å²) in [7, 11) is 0. The van der Waals surface area contributed by atoms with E-state index < -0.39 is 0 Å². The fourth-order valence-electron chi connectivity index (χ4n) is 3.04. The molecule has 134 valence electrons. The van der Waals surface area contributed by atoms with Gasteiger partial charge in [0.2, 0.25) is 0 Å². The van der Waals surface area contributed by atoms with Crippen molar-refractivity contribution in [3.63, 3.8) is 0 Å². The summed E-state index contributed by atoms with van der Waals surface area (Å²) in [4.78, 5) is 0. The normalized spacial score (nSPS) is 11.2. The first-order chi connectivity index (χ1) is 12.6. The van der Waals surface area contributed by atoms with Gasteiger partial charge < -0.3 is 14.7 Å². The lowest BCUT2D eigenvalue weighted by molar-refractivity contribution is 0.215. The Balaban J connectivity index is 1.73. The molecule has 0 saturated heterocycles. The Labute approximate surface area is 153 Å². The van der Waals surface area contributed by atoms with Crippen LogP contribution >= 0.6 is 0 Å². The molecule has 1 N–H and O–H groups in total. The molecule has 3 rings (SSSR count). The number of benzene rings is 3. The minimum atomic E-state index is 0.400. The monoisotopic (exact) mass is 349 g/mol. The molecule has 0 heterocycles. The lowest BCUT2D eigenvalue weighted by Crippen LogP contribution is -2.11. The van der Waals surface area contributed by atoms with Crippen LogP contribution in [-0.2, 0) is 0 Å². The van der Waals surface area contributed by atoms with Gasteiger partial charge in [-0.2, -0.15) is 0 Å². The Bertz CT molecular complexity index is 948. The van der Waals surface area contributed by atoms with Crippen molar-refractivity contribution in [2.75, 3.05) is 13.2 Å². The molecule has 0 aliphatic heterocycles. The fraction of sp³-hybridized carbons (Fsp3) is 0.227. The Hall–Kier alpha value is -3.01. The van der Waals surface area contributed by atoms with E-state index in [4.69, 9.17) is 14.7 Å². The largest absolute Gasteiger partial charge is 0.489 e. The van der Waals surface area contributed by atoms with Gasteiger partial charge >= 0.3 is 0 Å². The highest BCUT2D eigenvalue weighted by molar-refractivity contribution is 6.02. The van der Waals surface area contributed by atoms with Crippen LogP contribution in [0.15, 0.2) is 53.7 Å². The van der Waals surface area contributed by atoms with Crippen molar-refractivity contribution in [1.82, 2.24) is 0 Å². The molecule has 0 unspecified atom stereocenters. The first-order valence-electron chi connectivity index (χ1n) is 8.63. The van der Waals surface area contributed by atoms with E-state index >= 15 is 0 Å². The van der Waals surface area contributed by atoms with Gasteiger partial charge in [0.25, 0.3) is 0 Å². The molecule has 26 heavy (non-hydrogen) atoms. The van der Waals surface area contributed by atoms with E-state index in [0.717, 1.165) is 33.2 Å². The predicted molar refractivity (Wildman–Crippen MR) is 105 cm³/mol. The molecule has 0 aliphatic carbocycles. The van der Waals surface area contributed by atoms with E-state index in [1.807, 2.05) is 43.3 Å².